The molecule has 0 atom stereocenters. The van der Waals surface area contributed by atoms with Crippen molar-refractivity contribution >= 4 is 0 Å². The molecule has 2 aliphatic rings. The van der Waals surface area contributed by atoms with Gasteiger partial charge in [-0.2, -0.15) is 0 Å². The first kappa shape index (κ1) is 7.35. The molecule has 0 saturated heterocycles. The summed E-state index contributed by atoms with van der Waals surface area (Å²) in [6.07, 6.45) is 8.58. The molecular formula is C10H16O. The zero-order chi connectivity index (χ0) is 7.73. The Morgan fingerprint density at radius 1 is 1.45 bits per heavy atom. The summed E-state index contributed by atoms with van der Waals surface area (Å²) in [6.45, 7) is 4.42. The number of fused-ring (bicyclic) bond motifs is 2. The minimum atomic E-state index is 0.291. The summed E-state index contributed by atoms with van der Waals surface area (Å²) in [6, 6.07) is 0. The lowest BCUT2D eigenvalue weighted by Crippen LogP contribution is -2.26. The average molecular weight is 152 g/mol. The summed E-state index contributed by atoms with van der Waals surface area (Å²) in [7, 11) is 0. The highest BCUT2D eigenvalue weighted by Crippen LogP contribution is 2.49. The molecule has 2 fully saturated rings. The maximum absolute atomic E-state index is 5.81. The van der Waals surface area contributed by atoms with Gasteiger partial charge in [-0.1, -0.05) is 6.08 Å². The van der Waals surface area contributed by atoms with Crippen LogP contribution in [0.1, 0.15) is 32.1 Å². The van der Waals surface area contributed by atoms with Gasteiger partial charge in [0.25, 0.3) is 0 Å². The monoisotopic (exact) mass is 152 g/mol. The predicted octanol–water partition coefficient (Wildman–Crippen LogP) is 2.52. The number of ether oxygens (including phenoxy) is 1. The second-order valence-corrected chi connectivity index (χ2v) is 3.93. The molecule has 0 N–H and O–H groups in total. The first-order chi connectivity index (χ1) is 5.35. The van der Waals surface area contributed by atoms with Crippen molar-refractivity contribution in [3.05, 3.63) is 12.7 Å². The van der Waals surface area contributed by atoms with Crippen molar-refractivity contribution in [1.29, 1.82) is 0 Å². The number of hydrogen-bond acceptors (Lipinski definition) is 1. The molecule has 2 rings (SSSR count). The fraction of sp³-hybridized carbons (Fsp3) is 0.800. The third-order valence-corrected chi connectivity index (χ3v) is 3.18. The molecule has 0 aromatic heterocycles. The van der Waals surface area contributed by atoms with Gasteiger partial charge in [-0.05, 0) is 38.0 Å². The Kier molecular flexibility index (Phi) is 1.76. The van der Waals surface area contributed by atoms with Crippen LogP contribution < -0.4 is 0 Å². The molecule has 0 aliphatic heterocycles. The minimum Gasteiger partial charge on any atom is -0.371 e. The predicted molar refractivity (Wildman–Crippen MR) is 45.5 cm³/mol. The van der Waals surface area contributed by atoms with E-state index >= 15 is 0 Å². The van der Waals surface area contributed by atoms with Crippen LogP contribution in [0.25, 0.3) is 0 Å². The third kappa shape index (κ3) is 1.22. The molecule has 0 amide bonds. The van der Waals surface area contributed by atoms with Crippen LogP contribution in [-0.4, -0.2) is 12.2 Å². The van der Waals surface area contributed by atoms with Crippen molar-refractivity contribution in [2.24, 2.45) is 5.92 Å². The van der Waals surface area contributed by atoms with Crippen LogP contribution in [-0.2, 0) is 4.74 Å². The summed E-state index contributed by atoms with van der Waals surface area (Å²) in [5.74, 6) is 0.986. The largest absolute Gasteiger partial charge is 0.371 e. The van der Waals surface area contributed by atoms with Gasteiger partial charge in [-0.15, -0.1) is 6.58 Å². The van der Waals surface area contributed by atoms with E-state index in [9.17, 15) is 0 Å². The fourth-order valence-corrected chi connectivity index (χ4v) is 2.58. The van der Waals surface area contributed by atoms with Crippen LogP contribution in [0.2, 0.25) is 0 Å². The van der Waals surface area contributed by atoms with E-state index in [0.29, 0.717) is 5.60 Å². The highest BCUT2D eigenvalue weighted by molar-refractivity contribution is 4.98. The SMILES string of the molecule is C=CCOC12CCC(CC1)C2. The topological polar surface area (TPSA) is 9.23 Å². The molecule has 11 heavy (non-hydrogen) atoms. The summed E-state index contributed by atoms with van der Waals surface area (Å²) >= 11 is 0. The van der Waals surface area contributed by atoms with E-state index in [2.05, 4.69) is 6.58 Å². The molecule has 0 spiro atoms. The normalized spacial score (nSPS) is 41.3. The summed E-state index contributed by atoms with van der Waals surface area (Å²) in [5, 5.41) is 0. The second-order valence-electron chi connectivity index (χ2n) is 3.93. The third-order valence-electron chi connectivity index (χ3n) is 3.18. The molecule has 2 saturated carbocycles. The van der Waals surface area contributed by atoms with Crippen molar-refractivity contribution in [1.82, 2.24) is 0 Å². The van der Waals surface area contributed by atoms with Crippen LogP contribution >= 0.6 is 0 Å². The maximum atomic E-state index is 5.81. The molecule has 62 valence electrons. The minimum absolute atomic E-state index is 0.291. The van der Waals surface area contributed by atoms with Crippen LogP contribution in [0.15, 0.2) is 12.7 Å². The van der Waals surface area contributed by atoms with Crippen LogP contribution in [0.5, 0.6) is 0 Å². The Bertz CT molecular complexity index is 154. The van der Waals surface area contributed by atoms with Gasteiger partial charge >= 0.3 is 0 Å². The molecular weight excluding hydrogens is 136 g/mol. The van der Waals surface area contributed by atoms with Gasteiger partial charge in [0.1, 0.15) is 0 Å². The smallest absolute Gasteiger partial charge is 0.0689 e. The molecule has 1 nitrogen and oxygen atoms in total. The molecule has 0 radical (unpaired) electrons. The highest BCUT2D eigenvalue weighted by atomic mass is 16.5. The van der Waals surface area contributed by atoms with Crippen molar-refractivity contribution in [2.75, 3.05) is 6.61 Å². The Hall–Kier alpha value is -0.300. The number of rotatable bonds is 3. The molecule has 0 aromatic carbocycles. The van der Waals surface area contributed by atoms with Crippen molar-refractivity contribution in [2.45, 2.75) is 37.7 Å². The first-order valence-corrected chi connectivity index (χ1v) is 4.59. The lowest BCUT2D eigenvalue weighted by molar-refractivity contribution is -0.0218. The lowest BCUT2D eigenvalue weighted by atomic mass is 9.97. The molecule has 0 heterocycles. The van der Waals surface area contributed by atoms with Gasteiger partial charge in [0.05, 0.1) is 12.2 Å². The van der Waals surface area contributed by atoms with E-state index in [1.807, 2.05) is 6.08 Å². The Morgan fingerprint density at radius 3 is 2.64 bits per heavy atom. The molecule has 2 aliphatic carbocycles. The van der Waals surface area contributed by atoms with Gasteiger partial charge in [0.15, 0.2) is 0 Å². The summed E-state index contributed by atoms with van der Waals surface area (Å²) in [4.78, 5) is 0. The van der Waals surface area contributed by atoms with E-state index in [0.717, 1.165) is 12.5 Å². The van der Waals surface area contributed by atoms with Gasteiger partial charge in [0.2, 0.25) is 0 Å². The summed E-state index contributed by atoms with van der Waals surface area (Å²) < 4.78 is 5.81. The van der Waals surface area contributed by atoms with Crippen molar-refractivity contribution in [3.63, 3.8) is 0 Å². The Morgan fingerprint density at radius 2 is 2.18 bits per heavy atom. The van der Waals surface area contributed by atoms with Gasteiger partial charge in [-0.3, -0.25) is 0 Å². The molecule has 2 bridgehead atoms. The van der Waals surface area contributed by atoms with E-state index in [-0.39, 0.29) is 0 Å². The zero-order valence-corrected chi connectivity index (χ0v) is 7.01. The number of hydrogen-bond donors (Lipinski definition) is 0. The van der Waals surface area contributed by atoms with E-state index in [1.54, 1.807) is 0 Å². The van der Waals surface area contributed by atoms with E-state index in [1.165, 1.54) is 32.1 Å². The zero-order valence-electron chi connectivity index (χ0n) is 7.01. The van der Waals surface area contributed by atoms with Crippen molar-refractivity contribution < 1.29 is 4.74 Å². The lowest BCUT2D eigenvalue weighted by Gasteiger charge is -2.26. The standard InChI is InChI=1S/C10H16O/c1-2-7-11-10-5-3-9(8-10)4-6-10/h2,9H,1,3-8H2. The van der Waals surface area contributed by atoms with Gasteiger partial charge < -0.3 is 4.74 Å². The quantitative estimate of drug-likeness (QED) is 0.565. The molecule has 0 unspecified atom stereocenters. The average Bonchev–Trinajstić information content (AvgIpc) is 2.60. The molecule has 0 aromatic rings. The van der Waals surface area contributed by atoms with Crippen LogP contribution in [0, 0.1) is 5.92 Å². The van der Waals surface area contributed by atoms with Gasteiger partial charge in [0, 0.05) is 0 Å². The Balaban J connectivity index is 1.94. The summed E-state index contributed by atoms with van der Waals surface area (Å²) in [5.41, 5.74) is 0.291. The first-order valence-electron chi connectivity index (χ1n) is 4.59. The fourth-order valence-electron chi connectivity index (χ4n) is 2.58. The molecule has 1 heteroatoms. The van der Waals surface area contributed by atoms with Crippen LogP contribution in [0.3, 0.4) is 0 Å². The Labute approximate surface area is 68.4 Å². The van der Waals surface area contributed by atoms with E-state index in [4.69, 9.17) is 4.74 Å². The maximum Gasteiger partial charge on any atom is 0.0689 e. The van der Waals surface area contributed by atoms with Crippen molar-refractivity contribution in [3.8, 4) is 0 Å². The van der Waals surface area contributed by atoms with Gasteiger partial charge in [-0.25, -0.2) is 0 Å². The van der Waals surface area contributed by atoms with Crippen LogP contribution in [0.4, 0.5) is 0 Å². The highest BCUT2D eigenvalue weighted by Gasteiger charge is 2.45. The van der Waals surface area contributed by atoms with E-state index < -0.39 is 0 Å². The second kappa shape index (κ2) is 2.63.